The number of urea groups is 1. The molecule has 132 valence electrons. The molecule has 8 nitrogen and oxygen atoms in total. The summed E-state index contributed by atoms with van der Waals surface area (Å²) in [6.45, 7) is 9.78. The van der Waals surface area contributed by atoms with Crippen molar-refractivity contribution in [2.75, 3.05) is 45.8 Å². The fraction of sp³-hybridized carbons (Fsp3) is 0.800. The van der Waals surface area contributed by atoms with Crippen LogP contribution in [0.2, 0.25) is 0 Å². The van der Waals surface area contributed by atoms with Gasteiger partial charge in [-0.15, -0.1) is 0 Å². The van der Waals surface area contributed by atoms with Gasteiger partial charge in [0.25, 0.3) is 0 Å². The van der Waals surface area contributed by atoms with E-state index in [0.717, 1.165) is 19.5 Å². The fourth-order valence-electron chi connectivity index (χ4n) is 2.31. The van der Waals surface area contributed by atoms with Gasteiger partial charge in [-0.25, -0.2) is 4.79 Å². The molecule has 1 aliphatic heterocycles. The molecule has 0 aliphatic carbocycles. The molecule has 1 fully saturated rings. The summed E-state index contributed by atoms with van der Waals surface area (Å²) < 4.78 is 0. The van der Waals surface area contributed by atoms with Gasteiger partial charge in [0.1, 0.15) is 0 Å². The van der Waals surface area contributed by atoms with Crippen LogP contribution in [0.15, 0.2) is 0 Å². The van der Waals surface area contributed by atoms with Crippen molar-refractivity contribution in [2.24, 2.45) is 0 Å². The Morgan fingerprint density at radius 1 is 0.957 bits per heavy atom. The molecule has 4 amide bonds. The molecule has 0 spiro atoms. The van der Waals surface area contributed by atoms with Gasteiger partial charge in [-0.3, -0.25) is 24.7 Å². The van der Waals surface area contributed by atoms with Gasteiger partial charge < -0.3 is 10.6 Å². The zero-order valence-electron chi connectivity index (χ0n) is 14.4. The van der Waals surface area contributed by atoms with Gasteiger partial charge in [-0.2, -0.15) is 0 Å². The van der Waals surface area contributed by atoms with Crippen LogP contribution in [-0.2, 0) is 9.59 Å². The molecule has 0 aromatic heterocycles. The van der Waals surface area contributed by atoms with E-state index < -0.39 is 6.03 Å². The van der Waals surface area contributed by atoms with Crippen molar-refractivity contribution >= 4 is 17.8 Å². The van der Waals surface area contributed by atoms with E-state index in [1.54, 1.807) is 6.92 Å². The summed E-state index contributed by atoms with van der Waals surface area (Å²) in [7, 11) is 0. The normalized spacial score (nSPS) is 17.3. The molecule has 1 unspecified atom stereocenters. The molecule has 0 saturated carbocycles. The molecule has 1 rings (SSSR count). The lowest BCUT2D eigenvalue weighted by atomic mass is 10.2. The maximum Gasteiger partial charge on any atom is 0.321 e. The molecule has 0 bridgehead atoms. The molecule has 0 aromatic carbocycles. The standard InChI is InChI=1S/C15H29N5O3/c1-4-12(3)17-13(21)10-19-6-8-20(9-7-19)11-14(22)18-15(23)16-5-2/h12H,4-11H2,1-3H3,(H,17,21)(H2,16,18,22,23). The molecular formula is C15H29N5O3. The molecule has 3 N–H and O–H groups in total. The lowest BCUT2D eigenvalue weighted by Gasteiger charge is -2.33. The largest absolute Gasteiger partial charge is 0.353 e. The van der Waals surface area contributed by atoms with Gasteiger partial charge in [0.2, 0.25) is 11.8 Å². The fourth-order valence-corrected chi connectivity index (χ4v) is 2.31. The Labute approximate surface area is 137 Å². The van der Waals surface area contributed by atoms with Gasteiger partial charge in [-0.1, -0.05) is 6.92 Å². The van der Waals surface area contributed by atoms with Crippen LogP contribution >= 0.6 is 0 Å². The Morgan fingerprint density at radius 3 is 1.96 bits per heavy atom. The number of carbonyl (C=O) groups excluding carboxylic acids is 3. The number of rotatable bonds is 7. The average Bonchev–Trinajstić information content (AvgIpc) is 2.49. The molecule has 23 heavy (non-hydrogen) atoms. The van der Waals surface area contributed by atoms with Crippen molar-refractivity contribution in [3.05, 3.63) is 0 Å². The molecule has 8 heteroatoms. The summed E-state index contributed by atoms with van der Waals surface area (Å²) in [6, 6.07) is -0.264. The number of nitrogens with zero attached hydrogens (tertiary/aromatic N) is 2. The lowest BCUT2D eigenvalue weighted by Crippen LogP contribution is -2.53. The van der Waals surface area contributed by atoms with Crippen molar-refractivity contribution in [3.8, 4) is 0 Å². The first-order valence-electron chi connectivity index (χ1n) is 8.26. The second kappa shape index (κ2) is 10.2. The summed E-state index contributed by atoms with van der Waals surface area (Å²) in [4.78, 5) is 38.9. The third-order valence-electron chi connectivity index (χ3n) is 3.81. The number of piperazine rings is 1. The third kappa shape index (κ3) is 7.94. The maximum atomic E-state index is 11.8. The van der Waals surface area contributed by atoms with Crippen LogP contribution in [0.4, 0.5) is 4.79 Å². The molecule has 1 atom stereocenters. The maximum absolute atomic E-state index is 11.8. The number of carbonyl (C=O) groups is 3. The van der Waals surface area contributed by atoms with Crippen LogP contribution in [-0.4, -0.2) is 79.5 Å². The van der Waals surface area contributed by atoms with Crippen LogP contribution < -0.4 is 16.0 Å². The van der Waals surface area contributed by atoms with Crippen molar-refractivity contribution in [3.63, 3.8) is 0 Å². The Kier molecular flexibility index (Phi) is 8.57. The van der Waals surface area contributed by atoms with E-state index in [1.807, 2.05) is 18.7 Å². The summed E-state index contributed by atoms with van der Waals surface area (Å²) in [5, 5.41) is 7.76. The number of nitrogens with one attached hydrogen (secondary N) is 3. The number of hydrogen-bond donors (Lipinski definition) is 3. The SMILES string of the molecule is CCNC(=O)NC(=O)CN1CCN(CC(=O)NC(C)CC)CC1. The van der Waals surface area contributed by atoms with E-state index in [0.29, 0.717) is 26.2 Å². The smallest absolute Gasteiger partial charge is 0.321 e. The minimum atomic E-state index is -0.460. The van der Waals surface area contributed by atoms with Gasteiger partial charge in [0, 0.05) is 38.8 Å². The van der Waals surface area contributed by atoms with Crippen molar-refractivity contribution < 1.29 is 14.4 Å². The molecule has 1 heterocycles. The molecule has 1 aliphatic rings. The Hall–Kier alpha value is -1.67. The second-order valence-electron chi connectivity index (χ2n) is 5.84. The van der Waals surface area contributed by atoms with Gasteiger partial charge >= 0.3 is 6.03 Å². The first kappa shape index (κ1) is 19.4. The zero-order valence-corrected chi connectivity index (χ0v) is 14.4. The number of hydrogen-bond acceptors (Lipinski definition) is 5. The summed E-state index contributed by atoms with van der Waals surface area (Å²) in [5.74, 6) is -0.263. The van der Waals surface area contributed by atoms with E-state index in [1.165, 1.54) is 0 Å². The van der Waals surface area contributed by atoms with Crippen molar-refractivity contribution in [1.29, 1.82) is 0 Å². The second-order valence-corrected chi connectivity index (χ2v) is 5.84. The highest BCUT2D eigenvalue weighted by molar-refractivity contribution is 5.95. The summed E-state index contributed by atoms with van der Waals surface area (Å²) in [6.07, 6.45) is 0.917. The summed E-state index contributed by atoms with van der Waals surface area (Å²) in [5.41, 5.74) is 0. The van der Waals surface area contributed by atoms with Gasteiger partial charge in [-0.05, 0) is 20.3 Å². The van der Waals surface area contributed by atoms with Crippen LogP contribution in [0.25, 0.3) is 0 Å². The Morgan fingerprint density at radius 2 is 1.48 bits per heavy atom. The van der Waals surface area contributed by atoms with Crippen molar-refractivity contribution in [1.82, 2.24) is 25.8 Å². The predicted molar refractivity (Wildman–Crippen MR) is 88.0 cm³/mol. The van der Waals surface area contributed by atoms with E-state index >= 15 is 0 Å². The lowest BCUT2D eigenvalue weighted by molar-refractivity contribution is -0.125. The first-order chi connectivity index (χ1) is 10.9. The molecule has 0 radical (unpaired) electrons. The van der Waals surface area contributed by atoms with E-state index in [9.17, 15) is 14.4 Å². The number of imide groups is 1. The number of amides is 4. The van der Waals surface area contributed by atoms with E-state index in [4.69, 9.17) is 0 Å². The summed E-state index contributed by atoms with van der Waals surface area (Å²) >= 11 is 0. The highest BCUT2D eigenvalue weighted by atomic mass is 16.2. The average molecular weight is 327 g/mol. The molecule has 1 saturated heterocycles. The minimum Gasteiger partial charge on any atom is -0.353 e. The molecule has 0 aromatic rings. The van der Waals surface area contributed by atoms with Crippen molar-refractivity contribution in [2.45, 2.75) is 33.2 Å². The first-order valence-corrected chi connectivity index (χ1v) is 8.26. The van der Waals surface area contributed by atoms with E-state index in [2.05, 4.69) is 20.9 Å². The van der Waals surface area contributed by atoms with Crippen LogP contribution in [0.1, 0.15) is 27.2 Å². The monoisotopic (exact) mass is 327 g/mol. The van der Waals surface area contributed by atoms with Crippen LogP contribution in [0, 0.1) is 0 Å². The Bertz CT molecular complexity index is 408. The minimum absolute atomic E-state index is 0.0433. The quantitative estimate of drug-likeness (QED) is 0.579. The van der Waals surface area contributed by atoms with Gasteiger partial charge in [0.05, 0.1) is 13.1 Å². The van der Waals surface area contributed by atoms with Crippen LogP contribution in [0.5, 0.6) is 0 Å². The van der Waals surface area contributed by atoms with Gasteiger partial charge in [0.15, 0.2) is 0 Å². The van der Waals surface area contributed by atoms with Crippen LogP contribution in [0.3, 0.4) is 0 Å². The molecular weight excluding hydrogens is 298 g/mol. The third-order valence-corrected chi connectivity index (χ3v) is 3.81. The predicted octanol–water partition coefficient (Wildman–Crippen LogP) is -0.636. The highest BCUT2D eigenvalue weighted by Gasteiger charge is 2.21. The van der Waals surface area contributed by atoms with E-state index in [-0.39, 0.29) is 24.4 Å². The zero-order chi connectivity index (χ0) is 17.2. The highest BCUT2D eigenvalue weighted by Crippen LogP contribution is 2.01. The Balaban J connectivity index is 2.23. The topological polar surface area (TPSA) is 93.8 Å².